The molecule has 0 radical (unpaired) electrons. The second kappa shape index (κ2) is 11.4. The molecule has 1 aliphatic rings. The van der Waals surface area contributed by atoms with E-state index in [4.69, 9.17) is 21.3 Å². The fourth-order valence-corrected chi connectivity index (χ4v) is 4.55. The van der Waals surface area contributed by atoms with Crippen molar-refractivity contribution in [2.24, 2.45) is 0 Å². The Morgan fingerprint density at radius 2 is 1.63 bits per heavy atom. The molecular weight excluding hydrogens is 488 g/mol. The van der Waals surface area contributed by atoms with E-state index >= 15 is 0 Å². The Morgan fingerprint density at radius 1 is 0.971 bits per heavy atom. The van der Waals surface area contributed by atoms with Crippen molar-refractivity contribution in [2.45, 2.75) is 11.8 Å². The number of carbonyl (C=O) groups is 2. The van der Waals surface area contributed by atoms with Gasteiger partial charge in [-0.15, -0.1) is 11.8 Å². The van der Waals surface area contributed by atoms with Gasteiger partial charge in [-0.05, 0) is 48.7 Å². The van der Waals surface area contributed by atoms with Crippen LogP contribution in [-0.4, -0.2) is 54.5 Å². The molecule has 35 heavy (non-hydrogen) atoms. The molecule has 1 aliphatic heterocycles. The fourth-order valence-electron chi connectivity index (χ4n) is 3.58. The van der Waals surface area contributed by atoms with Crippen LogP contribution in [0.25, 0.3) is 11.4 Å². The van der Waals surface area contributed by atoms with E-state index in [1.54, 1.807) is 36.4 Å². The number of aromatic nitrogens is 2. The summed E-state index contributed by atoms with van der Waals surface area (Å²) in [5.41, 5.74) is 2.53. The summed E-state index contributed by atoms with van der Waals surface area (Å²) in [7, 11) is 0. The van der Waals surface area contributed by atoms with Gasteiger partial charge in [-0.25, -0.2) is 14.8 Å². The maximum absolute atomic E-state index is 12.4. The van der Waals surface area contributed by atoms with Gasteiger partial charge in [0.05, 0.1) is 18.1 Å². The molecule has 182 valence electrons. The summed E-state index contributed by atoms with van der Waals surface area (Å²) >= 11 is 8.02. The number of ether oxygens (including phenoxy) is 1. The highest BCUT2D eigenvalue weighted by Crippen LogP contribution is 2.35. The Kier molecular flexibility index (Phi) is 8.06. The van der Waals surface area contributed by atoms with Gasteiger partial charge in [0.25, 0.3) is 0 Å². The standard InChI is InChI=1S/C24H25ClN6O3S/c1-15(32)26-18-4-3-5-19(14-18)28-24(33)27-17-8-6-16(7-9-17)22-29-21(25)20(35-2)23(30-22)31-10-12-34-13-11-31/h3-9,14H,10-13H2,1-2H3,(H,26,32)(H2,27,28,33). The van der Waals surface area contributed by atoms with Gasteiger partial charge >= 0.3 is 6.03 Å². The lowest BCUT2D eigenvalue weighted by molar-refractivity contribution is -0.114. The van der Waals surface area contributed by atoms with E-state index in [0.29, 0.717) is 41.3 Å². The van der Waals surface area contributed by atoms with E-state index in [1.807, 2.05) is 18.4 Å². The molecule has 9 nitrogen and oxygen atoms in total. The zero-order chi connectivity index (χ0) is 24.8. The number of urea groups is 1. The quantitative estimate of drug-likeness (QED) is 0.316. The number of thioether (sulfide) groups is 1. The molecule has 1 fully saturated rings. The van der Waals surface area contributed by atoms with E-state index < -0.39 is 6.03 Å². The molecule has 0 saturated carbocycles. The van der Waals surface area contributed by atoms with Crippen molar-refractivity contribution in [3.8, 4) is 11.4 Å². The Bertz CT molecular complexity index is 1220. The van der Waals surface area contributed by atoms with Crippen LogP contribution in [0.5, 0.6) is 0 Å². The van der Waals surface area contributed by atoms with Crippen LogP contribution in [0.15, 0.2) is 53.4 Å². The van der Waals surface area contributed by atoms with Crippen LogP contribution >= 0.6 is 23.4 Å². The minimum absolute atomic E-state index is 0.183. The van der Waals surface area contributed by atoms with E-state index in [-0.39, 0.29) is 5.91 Å². The molecule has 4 rings (SSSR count). The van der Waals surface area contributed by atoms with E-state index in [1.165, 1.54) is 18.7 Å². The van der Waals surface area contributed by atoms with Crippen molar-refractivity contribution in [2.75, 3.05) is 53.4 Å². The minimum Gasteiger partial charge on any atom is -0.378 e. The van der Waals surface area contributed by atoms with Gasteiger partial charge in [0, 0.05) is 42.6 Å². The van der Waals surface area contributed by atoms with Crippen molar-refractivity contribution in [3.63, 3.8) is 0 Å². The van der Waals surface area contributed by atoms with Crippen LogP contribution in [0.1, 0.15) is 6.92 Å². The molecule has 1 saturated heterocycles. The first-order valence-corrected chi connectivity index (χ1v) is 12.5. The Labute approximate surface area is 212 Å². The lowest BCUT2D eigenvalue weighted by Crippen LogP contribution is -2.37. The van der Waals surface area contributed by atoms with Gasteiger partial charge in [0.2, 0.25) is 5.91 Å². The van der Waals surface area contributed by atoms with Crippen molar-refractivity contribution in [1.29, 1.82) is 0 Å². The molecule has 1 aromatic heterocycles. The topological polar surface area (TPSA) is 108 Å². The smallest absolute Gasteiger partial charge is 0.323 e. The number of nitrogens with zero attached hydrogens (tertiary/aromatic N) is 3. The number of benzene rings is 2. The fraction of sp³-hybridized carbons (Fsp3) is 0.250. The lowest BCUT2D eigenvalue weighted by Gasteiger charge is -2.29. The predicted octanol–water partition coefficient (Wildman–Crippen LogP) is 4.96. The van der Waals surface area contributed by atoms with Gasteiger partial charge in [0.1, 0.15) is 11.0 Å². The maximum atomic E-state index is 12.4. The largest absolute Gasteiger partial charge is 0.378 e. The zero-order valence-corrected chi connectivity index (χ0v) is 20.9. The van der Waals surface area contributed by atoms with Crippen LogP contribution in [0.3, 0.4) is 0 Å². The summed E-state index contributed by atoms with van der Waals surface area (Å²) in [6, 6.07) is 13.7. The number of halogens is 1. The van der Waals surface area contributed by atoms with Crippen molar-refractivity contribution in [1.82, 2.24) is 9.97 Å². The summed E-state index contributed by atoms with van der Waals surface area (Å²) in [5, 5.41) is 8.64. The molecule has 0 atom stereocenters. The van der Waals surface area contributed by atoms with E-state index in [0.717, 1.165) is 29.4 Å². The van der Waals surface area contributed by atoms with E-state index in [9.17, 15) is 9.59 Å². The third-order valence-corrected chi connectivity index (χ3v) is 6.33. The van der Waals surface area contributed by atoms with Gasteiger partial charge in [-0.1, -0.05) is 17.7 Å². The summed E-state index contributed by atoms with van der Waals surface area (Å²) in [6.07, 6.45) is 1.95. The second-order valence-corrected chi connectivity index (χ2v) is 8.89. The van der Waals surface area contributed by atoms with Crippen LogP contribution in [0.4, 0.5) is 27.7 Å². The zero-order valence-electron chi connectivity index (χ0n) is 19.3. The molecule has 2 heterocycles. The van der Waals surface area contributed by atoms with Crippen molar-refractivity contribution < 1.29 is 14.3 Å². The SMILES string of the molecule is CSc1c(Cl)nc(-c2ccc(NC(=O)Nc3cccc(NC(C)=O)c3)cc2)nc1N1CCOCC1. The summed E-state index contributed by atoms with van der Waals surface area (Å²) < 4.78 is 5.46. The predicted molar refractivity (Wildman–Crippen MR) is 141 cm³/mol. The Morgan fingerprint density at radius 3 is 2.29 bits per heavy atom. The second-order valence-electron chi connectivity index (χ2n) is 7.71. The third kappa shape index (κ3) is 6.41. The molecular formula is C24H25ClN6O3S. The van der Waals surface area contributed by atoms with Crippen molar-refractivity contribution >= 4 is 58.2 Å². The molecule has 2 aromatic carbocycles. The molecule has 0 aliphatic carbocycles. The normalized spacial score (nSPS) is 13.3. The molecule has 0 spiro atoms. The first-order valence-electron chi connectivity index (χ1n) is 10.9. The van der Waals surface area contributed by atoms with Crippen LogP contribution in [0, 0.1) is 0 Å². The Balaban J connectivity index is 1.46. The van der Waals surface area contributed by atoms with Crippen LogP contribution in [-0.2, 0) is 9.53 Å². The first-order chi connectivity index (χ1) is 16.9. The molecule has 3 amide bonds. The first kappa shape index (κ1) is 24.8. The molecule has 3 N–H and O–H groups in total. The highest BCUT2D eigenvalue weighted by Gasteiger charge is 2.21. The van der Waals surface area contributed by atoms with Crippen LogP contribution < -0.4 is 20.9 Å². The summed E-state index contributed by atoms with van der Waals surface area (Å²) in [4.78, 5) is 36.0. The molecule has 11 heteroatoms. The number of morpholine rings is 1. The number of anilines is 4. The maximum Gasteiger partial charge on any atom is 0.323 e. The highest BCUT2D eigenvalue weighted by atomic mass is 35.5. The van der Waals surface area contributed by atoms with Gasteiger partial charge in [-0.2, -0.15) is 0 Å². The average molecular weight is 513 g/mol. The number of rotatable bonds is 6. The molecule has 3 aromatic rings. The Hall–Kier alpha value is -3.34. The lowest BCUT2D eigenvalue weighted by atomic mass is 10.2. The number of amides is 3. The van der Waals surface area contributed by atoms with Gasteiger partial charge in [0.15, 0.2) is 5.82 Å². The van der Waals surface area contributed by atoms with Crippen LogP contribution in [0.2, 0.25) is 5.15 Å². The van der Waals surface area contributed by atoms with Crippen molar-refractivity contribution in [3.05, 3.63) is 53.7 Å². The third-order valence-electron chi connectivity index (χ3n) is 5.16. The summed E-state index contributed by atoms with van der Waals surface area (Å²) in [6.45, 7) is 4.20. The number of nitrogens with one attached hydrogen (secondary N) is 3. The number of carbonyl (C=O) groups excluding carboxylic acids is 2. The minimum atomic E-state index is -0.407. The monoisotopic (exact) mass is 512 g/mol. The number of hydrogen-bond acceptors (Lipinski definition) is 7. The van der Waals surface area contributed by atoms with Gasteiger partial charge < -0.3 is 25.6 Å². The number of hydrogen-bond donors (Lipinski definition) is 3. The van der Waals surface area contributed by atoms with Gasteiger partial charge in [-0.3, -0.25) is 4.79 Å². The molecule has 0 unspecified atom stereocenters. The molecule has 0 bridgehead atoms. The average Bonchev–Trinajstić information content (AvgIpc) is 2.84. The summed E-state index contributed by atoms with van der Waals surface area (Å²) in [5.74, 6) is 1.14. The van der Waals surface area contributed by atoms with E-state index in [2.05, 4.69) is 25.8 Å². The highest BCUT2D eigenvalue weighted by molar-refractivity contribution is 7.98.